The molecule has 0 bridgehead atoms. The van der Waals surface area contributed by atoms with Gasteiger partial charge in [-0.05, 0) is 41.5 Å². The zero-order chi connectivity index (χ0) is 19.4. The van der Waals surface area contributed by atoms with Gasteiger partial charge in [0.15, 0.2) is 0 Å². The lowest BCUT2D eigenvalue weighted by Gasteiger charge is -2.21. The average molecular weight is 420 g/mol. The number of tetrazole rings is 1. The number of benzene rings is 1. The van der Waals surface area contributed by atoms with Crippen LogP contribution in [0.15, 0.2) is 23.4 Å². The van der Waals surface area contributed by atoms with Gasteiger partial charge in [-0.3, -0.25) is 4.79 Å². The number of alkyl halides is 3. The fourth-order valence-electron chi connectivity index (χ4n) is 3.01. The molecule has 0 atom stereocenters. The lowest BCUT2D eigenvalue weighted by Crippen LogP contribution is -2.19. The van der Waals surface area contributed by atoms with Gasteiger partial charge in [-0.1, -0.05) is 42.6 Å². The molecule has 1 fully saturated rings. The van der Waals surface area contributed by atoms with Crippen LogP contribution < -0.4 is 5.32 Å². The molecule has 0 saturated heterocycles. The number of nitrogens with one attached hydrogen (secondary N) is 1. The number of nitrogens with zero attached hydrogens (tertiary/aromatic N) is 4. The van der Waals surface area contributed by atoms with E-state index in [1.54, 1.807) is 4.68 Å². The maximum absolute atomic E-state index is 13.1. The third kappa shape index (κ3) is 5.13. The van der Waals surface area contributed by atoms with Crippen molar-refractivity contribution in [2.75, 3.05) is 11.1 Å². The van der Waals surface area contributed by atoms with Gasteiger partial charge < -0.3 is 5.32 Å². The topological polar surface area (TPSA) is 72.7 Å². The van der Waals surface area contributed by atoms with E-state index in [1.165, 1.54) is 12.5 Å². The monoisotopic (exact) mass is 419 g/mol. The summed E-state index contributed by atoms with van der Waals surface area (Å²) in [5.41, 5.74) is -1.32. The molecule has 0 unspecified atom stereocenters. The van der Waals surface area contributed by atoms with Crippen molar-refractivity contribution in [1.29, 1.82) is 0 Å². The normalized spacial score (nSPS) is 15.7. The Bertz CT molecular complexity index is 808. The lowest BCUT2D eigenvalue weighted by atomic mass is 9.96. The van der Waals surface area contributed by atoms with Gasteiger partial charge in [0, 0.05) is 5.02 Å². The van der Waals surface area contributed by atoms with Crippen LogP contribution in [-0.2, 0) is 11.0 Å². The number of hydrogen-bond donors (Lipinski definition) is 1. The van der Waals surface area contributed by atoms with Crippen molar-refractivity contribution in [1.82, 2.24) is 20.2 Å². The fourth-order valence-corrected chi connectivity index (χ4v) is 3.93. The van der Waals surface area contributed by atoms with Gasteiger partial charge in [0.2, 0.25) is 11.1 Å². The van der Waals surface area contributed by atoms with Gasteiger partial charge in [0.05, 0.1) is 23.0 Å². The zero-order valence-corrected chi connectivity index (χ0v) is 15.7. The molecule has 2 aromatic rings. The van der Waals surface area contributed by atoms with E-state index in [1.807, 2.05) is 0 Å². The molecule has 11 heteroatoms. The summed E-state index contributed by atoms with van der Waals surface area (Å²) in [4.78, 5) is 12.1. The molecule has 0 aliphatic heterocycles. The summed E-state index contributed by atoms with van der Waals surface area (Å²) < 4.78 is 41.0. The van der Waals surface area contributed by atoms with Gasteiger partial charge in [-0.2, -0.15) is 13.2 Å². The Morgan fingerprint density at radius 2 is 2.04 bits per heavy atom. The summed E-state index contributed by atoms with van der Waals surface area (Å²) in [7, 11) is 0. The smallest absolute Gasteiger partial charge is 0.325 e. The molecule has 1 aromatic carbocycles. The molecule has 1 aromatic heterocycles. The Balaban J connectivity index is 1.64. The Morgan fingerprint density at radius 3 is 2.74 bits per heavy atom. The van der Waals surface area contributed by atoms with E-state index in [0.29, 0.717) is 5.16 Å². The summed E-state index contributed by atoms with van der Waals surface area (Å²) in [5.74, 6) is -0.682. The first-order valence-electron chi connectivity index (χ1n) is 8.42. The van der Waals surface area contributed by atoms with Gasteiger partial charge in [-0.25, -0.2) is 4.68 Å². The molecule has 1 aliphatic rings. The van der Waals surface area contributed by atoms with Crippen LogP contribution in [0.3, 0.4) is 0 Å². The molecular weight excluding hydrogens is 403 g/mol. The summed E-state index contributed by atoms with van der Waals surface area (Å²) >= 11 is 6.74. The van der Waals surface area contributed by atoms with E-state index >= 15 is 0 Å². The number of carbonyl (C=O) groups excluding carboxylic acids is 1. The van der Waals surface area contributed by atoms with Crippen LogP contribution in [0.25, 0.3) is 0 Å². The minimum absolute atomic E-state index is 0.0543. The number of anilines is 1. The predicted octanol–water partition coefficient (Wildman–Crippen LogP) is 4.58. The first-order valence-corrected chi connectivity index (χ1v) is 9.78. The highest BCUT2D eigenvalue weighted by molar-refractivity contribution is 7.99. The first-order chi connectivity index (χ1) is 12.8. The number of amides is 1. The van der Waals surface area contributed by atoms with Crippen molar-refractivity contribution >= 4 is 35.0 Å². The van der Waals surface area contributed by atoms with Crippen LogP contribution in [0.4, 0.5) is 18.9 Å². The van der Waals surface area contributed by atoms with E-state index < -0.39 is 17.6 Å². The molecule has 146 valence electrons. The SMILES string of the molecule is O=C(CSc1nnnn1C1CCCCC1)Nc1ccc(Cl)cc1C(F)(F)F. The van der Waals surface area contributed by atoms with Crippen LogP contribution >= 0.6 is 23.4 Å². The Morgan fingerprint density at radius 1 is 1.30 bits per heavy atom. The van der Waals surface area contributed by atoms with Gasteiger partial charge >= 0.3 is 6.18 Å². The summed E-state index contributed by atoms with van der Waals surface area (Å²) in [6.07, 6.45) is 0.727. The Labute approximate surface area is 162 Å². The summed E-state index contributed by atoms with van der Waals surface area (Å²) in [6, 6.07) is 3.42. The predicted molar refractivity (Wildman–Crippen MR) is 95.7 cm³/mol. The molecule has 1 heterocycles. The molecule has 1 amide bonds. The number of hydrogen-bond acceptors (Lipinski definition) is 5. The lowest BCUT2D eigenvalue weighted by molar-refractivity contribution is -0.137. The van der Waals surface area contributed by atoms with E-state index in [0.717, 1.165) is 49.6 Å². The van der Waals surface area contributed by atoms with Gasteiger partial charge in [0.1, 0.15) is 0 Å². The Hall–Kier alpha value is -1.81. The summed E-state index contributed by atoms with van der Waals surface area (Å²) in [6.45, 7) is 0. The Kier molecular flexibility index (Phi) is 6.25. The second kappa shape index (κ2) is 8.47. The number of carbonyl (C=O) groups is 1. The molecule has 27 heavy (non-hydrogen) atoms. The van der Waals surface area contributed by atoms with Crippen LogP contribution in [0, 0.1) is 0 Å². The van der Waals surface area contributed by atoms with Crippen molar-refractivity contribution < 1.29 is 18.0 Å². The number of rotatable bonds is 5. The highest BCUT2D eigenvalue weighted by Gasteiger charge is 2.34. The fraction of sp³-hybridized carbons (Fsp3) is 0.500. The molecular formula is C16H17ClF3N5OS. The van der Waals surface area contributed by atoms with Gasteiger partial charge in [-0.15, -0.1) is 5.10 Å². The molecule has 3 rings (SSSR count). The van der Waals surface area contributed by atoms with E-state index in [2.05, 4.69) is 20.8 Å². The molecule has 1 N–H and O–H groups in total. The van der Waals surface area contributed by atoms with Crippen molar-refractivity contribution in [3.63, 3.8) is 0 Å². The first kappa shape index (κ1) is 19.9. The molecule has 1 aliphatic carbocycles. The second-order valence-corrected chi connectivity index (χ2v) is 7.60. The van der Waals surface area contributed by atoms with E-state index in [9.17, 15) is 18.0 Å². The maximum Gasteiger partial charge on any atom is 0.418 e. The van der Waals surface area contributed by atoms with Crippen LogP contribution in [0.1, 0.15) is 43.7 Å². The number of aromatic nitrogens is 4. The molecule has 1 saturated carbocycles. The average Bonchev–Trinajstić information content (AvgIpc) is 3.10. The van der Waals surface area contributed by atoms with Crippen LogP contribution in [0.2, 0.25) is 5.02 Å². The highest BCUT2D eigenvalue weighted by atomic mass is 35.5. The maximum atomic E-state index is 13.1. The highest BCUT2D eigenvalue weighted by Crippen LogP contribution is 2.36. The third-order valence-electron chi connectivity index (χ3n) is 4.28. The largest absolute Gasteiger partial charge is 0.418 e. The minimum Gasteiger partial charge on any atom is -0.325 e. The number of halogens is 4. The van der Waals surface area contributed by atoms with Crippen LogP contribution in [0.5, 0.6) is 0 Å². The molecule has 0 spiro atoms. The second-order valence-electron chi connectivity index (χ2n) is 6.22. The molecule has 0 radical (unpaired) electrons. The van der Waals surface area contributed by atoms with Gasteiger partial charge in [0.25, 0.3) is 0 Å². The summed E-state index contributed by atoms with van der Waals surface area (Å²) in [5, 5.41) is 14.3. The number of thioether (sulfide) groups is 1. The van der Waals surface area contributed by atoms with Crippen molar-refractivity contribution in [3.8, 4) is 0 Å². The van der Waals surface area contributed by atoms with Crippen LogP contribution in [-0.4, -0.2) is 31.9 Å². The zero-order valence-electron chi connectivity index (χ0n) is 14.2. The van der Waals surface area contributed by atoms with Crippen molar-refractivity contribution in [2.45, 2.75) is 49.5 Å². The quantitative estimate of drug-likeness (QED) is 0.718. The molecule has 6 nitrogen and oxygen atoms in total. The third-order valence-corrected chi connectivity index (χ3v) is 5.45. The van der Waals surface area contributed by atoms with E-state index in [4.69, 9.17) is 11.6 Å². The standard InChI is InChI=1S/C16H17ClF3N5OS/c17-10-6-7-13(12(8-10)16(18,19)20)21-14(26)9-27-15-22-23-24-25(15)11-4-2-1-3-5-11/h6-8,11H,1-5,9H2,(H,21,26). The minimum atomic E-state index is -4.62. The van der Waals surface area contributed by atoms with E-state index in [-0.39, 0.29) is 22.5 Å². The van der Waals surface area contributed by atoms with Crippen molar-refractivity contribution in [2.24, 2.45) is 0 Å². The van der Waals surface area contributed by atoms with Crippen molar-refractivity contribution in [3.05, 3.63) is 28.8 Å².